The summed E-state index contributed by atoms with van der Waals surface area (Å²) in [6, 6.07) is 77.3. The quantitative estimate of drug-likeness (QED) is 0.168. The van der Waals surface area contributed by atoms with Gasteiger partial charge in [0.2, 0.25) is 0 Å². The molecule has 0 bridgehead atoms. The van der Waals surface area contributed by atoms with Gasteiger partial charge in [0.05, 0.1) is 38.8 Å². The Labute approximate surface area is 329 Å². The van der Waals surface area contributed by atoms with E-state index in [0.29, 0.717) is 0 Å². The van der Waals surface area contributed by atoms with Crippen molar-refractivity contribution in [3.63, 3.8) is 0 Å². The van der Waals surface area contributed by atoms with E-state index in [1.807, 2.05) is 0 Å². The summed E-state index contributed by atoms with van der Waals surface area (Å²) in [7, 11) is 0. The fourth-order valence-corrected chi connectivity index (χ4v) is 9.49. The Morgan fingerprint density at radius 2 is 0.702 bits per heavy atom. The molecular weight excluding hydrogens is 691 g/mol. The van der Waals surface area contributed by atoms with Gasteiger partial charge in [-0.25, -0.2) is 0 Å². The predicted molar refractivity (Wildman–Crippen MR) is 240 cm³/mol. The van der Waals surface area contributed by atoms with Crippen molar-refractivity contribution in [3.05, 3.63) is 212 Å². The van der Waals surface area contributed by atoms with Crippen LogP contribution < -0.4 is 0 Å². The van der Waals surface area contributed by atoms with Gasteiger partial charge in [-0.05, 0) is 89.5 Å². The van der Waals surface area contributed by atoms with Crippen LogP contribution in [0.5, 0.6) is 0 Å². The number of nitrogens with zero attached hydrogens (tertiary/aromatic N) is 3. The van der Waals surface area contributed by atoms with Gasteiger partial charge < -0.3 is 13.7 Å². The average Bonchev–Trinajstić information content (AvgIpc) is 3.93. The van der Waals surface area contributed by atoms with Crippen molar-refractivity contribution >= 4 is 65.4 Å². The first kappa shape index (κ1) is 31.7. The summed E-state index contributed by atoms with van der Waals surface area (Å²) in [5.74, 6) is 0. The Morgan fingerprint density at radius 1 is 0.246 bits per heavy atom. The highest BCUT2D eigenvalue weighted by Gasteiger charge is 2.23. The van der Waals surface area contributed by atoms with Gasteiger partial charge >= 0.3 is 0 Å². The molecule has 0 radical (unpaired) electrons. The fourth-order valence-electron chi connectivity index (χ4n) is 9.49. The van der Waals surface area contributed by atoms with Crippen molar-refractivity contribution in [1.29, 1.82) is 0 Å². The highest BCUT2D eigenvalue weighted by atomic mass is 15.0. The summed E-state index contributed by atoms with van der Waals surface area (Å²) < 4.78 is 7.33. The van der Waals surface area contributed by atoms with Crippen LogP contribution in [-0.4, -0.2) is 13.7 Å². The lowest BCUT2D eigenvalue weighted by molar-refractivity contribution is 1.17. The molecule has 0 aliphatic rings. The molecule has 0 aliphatic heterocycles. The summed E-state index contributed by atoms with van der Waals surface area (Å²) in [6.07, 6.45) is 0. The number of hydrogen-bond acceptors (Lipinski definition) is 0. The molecular formula is C54H35N3. The molecule has 12 aromatic rings. The van der Waals surface area contributed by atoms with Gasteiger partial charge in [0, 0.05) is 49.3 Å². The first-order chi connectivity index (χ1) is 28.3. The summed E-state index contributed by atoms with van der Waals surface area (Å²) in [5, 5.41) is 7.53. The zero-order valence-electron chi connectivity index (χ0n) is 31.0. The molecule has 0 unspecified atom stereocenters. The van der Waals surface area contributed by atoms with E-state index in [2.05, 4.69) is 226 Å². The maximum atomic E-state index is 2.50. The minimum Gasteiger partial charge on any atom is -0.309 e. The minimum atomic E-state index is 1.15. The van der Waals surface area contributed by atoms with Gasteiger partial charge in [-0.2, -0.15) is 0 Å². The van der Waals surface area contributed by atoms with E-state index in [4.69, 9.17) is 0 Å². The Hall–Kier alpha value is -7.62. The third-order valence-electron chi connectivity index (χ3n) is 11.8. The molecule has 0 saturated heterocycles. The molecule has 266 valence electrons. The van der Waals surface area contributed by atoms with Gasteiger partial charge in [-0.1, -0.05) is 140 Å². The van der Waals surface area contributed by atoms with Crippen LogP contribution in [0.4, 0.5) is 0 Å². The van der Waals surface area contributed by atoms with Crippen LogP contribution in [-0.2, 0) is 0 Å². The Morgan fingerprint density at radius 3 is 1.37 bits per heavy atom. The number of benzene rings is 9. The molecule has 12 rings (SSSR count). The maximum Gasteiger partial charge on any atom is 0.0549 e. The van der Waals surface area contributed by atoms with Crippen LogP contribution in [0.25, 0.3) is 105 Å². The normalized spacial score (nSPS) is 11.9. The molecule has 0 amide bonds. The molecule has 0 spiro atoms. The number of fused-ring (bicyclic) bond motifs is 10. The number of para-hydroxylation sites is 5. The predicted octanol–water partition coefficient (Wildman–Crippen LogP) is 14.3. The smallest absolute Gasteiger partial charge is 0.0549 e. The summed E-state index contributed by atoms with van der Waals surface area (Å²) in [6.45, 7) is 0. The molecule has 0 atom stereocenters. The molecule has 0 saturated carbocycles. The van der Waals surface area contributed by atoms with E-state index < -0.39 is 0 Å². The lowest BCUT2D eigenvalue weighted by atomic mass is 9.96. The fraction of sp³-hybridized carbons (Fsp3) is 0. The highest BCUT2D eigenvalue weighted by molar-refractivity contribution is 6.29. The molecule has 9 aromatic carbocycles. The second kappa shape index (κ2) is 12.5. The van der Waals surface area contributed by atoms with Crippen molar-refractivity contribution in [3.8, 4) is 39.3 Å². The molecule has 3 aromatic heterocycles. The van der Waals surface area contributed by atoms with E-state index in [1.54, 1.807) is 0 Å². The third kappa shape index (κ3) is 4.66. The summed E-state index contributed by atoms with van der Waals surface area (Å²) in [4.78, 5) is 0. The van der Waals surface area contributed by atoms with E-state index >= 15 is 0 Å². The van der Waals surface area contributed by atoms with Crippen molar-refractivity contribution in [2.45, 2.75) is 0 Å². The second-order valence-corrected chi connectivity index (χ2v) is 14.9. The lowest BCUT2D eigenvalue weighted by Crippen LogP contribution is -1.98. The van der Waals surface area contributed by atoms with Crippen molar-refractivity contribution in [2.75, 3.05) is 0 Å². The largest absolute Gasteiger partial charge is 0.309 e. The standard InChI is InChI=1S/C54H35N3/c1-4-17-36(18-5-1)37-31-32-48-44(35-37)52-41(26-16-30-49(52)56(48)39-21-8-3-9-22-39)40-23-10-13-27-45(40)57-47-29-15-12-25-43(47)54-51(57)34-33-50-53(54)42-24-11-14-28-46(42)55(50)38-19-6-2-7-20-38/h1-35H. The van der Waals surface area contributed by atoms with Gasteiger partial charge in [0.25, 0.3) is 0 Å². The zero-order valence-corrected chi connectivity index (χ0v) is 31.0. The van der Waals surface area contributed by atoms with Crippen LogP contribution in [0, 0.1) is 0 Å². The second-order valence-electron chi connectivity index (χ2n) is 14.9. The molecule has 3 nitrogen and oxygen atoms in total. The topological polar surface area (TPSA) is 14.8 Å². The van der Waals surface area contributed by atoms with Gasteiger partial charge in [0.1, 0.15) is 0 Å². The van der Waals surface area contributed by atoms with Gasteiger partial charge in [-0.3, -0.25) is 0 Å². The molecule has 3 heterocycles. The zero-order chi connectivity index (χ0) is 37.5. The minimum absolute atomic E-state index is 1.15. The van der Waals surface area contributed by atoms with Crippen LogP contribution in [0.3, 0.4) is 0 Å². The summed E-state index contributed by atoms with van der Waals surface area (Å²) >= 11 is 0. The highest BCUT2D eigenvalue weighted by Crippen LogP contribution is 2.46. The molecule has 0 N–H and O–H groups in total. The number of rotatable bonds is 5. The van der Waals surface area contributed by atoms with Gasteiger partial charge in [0.15, 0.2) is 0 Å². The van der Waals surface area contributed by atoms with Crippen molar-refractivity contribution < 1.29 is 0 Å². The molecule has 3 heteroatoms. The van der Waals surface area contributed by atoms with Crippen molar-refractivity contribution in [2.24, 2.45) is 0 Å². The first-order valence-corrected chi connectivity index (χ1v) is 19.6. The lowest BCUT2D eigenvalue weighted by Gasteiger charge is -2.15. The average molecular weight is 726 g/mol. The summed E-state index contributed by atoms with van der Waals surface area (Å²) in [5.41, 5.74) is 15.5. The SMILES string of the molecule is c1ccc(-c2ccc3c(c2)c2c(-c4ccccc4-n4c5ccccc5c5c6c7ccccc7n(-c7ccccc7)c6ccc54)cccc2n3-c2ccccc2)cc1. The van der Waals surface area contributed by atoms with E-state index in [-0.39, 0.29) is 0 Å². The third-order valence-corrected chi connectivity index (χ3v) is 11.8. The monoisotopic (exact) mass is 725 g/mol. The van der Waals surface area contributed by atoms with Crippen LogP contribution in [0.15, 0.2) is 212 Å². The number of hydrogen-bond donors (Lipinski definition) is 0. The Balaban J connectivity index is 1.18. The Bertz CT molecular complexity index is 3500. The Kier molecular flexibility index (Phi) is 6.93. The molecule has 0 fully saturated rings. The van der Waals surface area contributed by atoms with Crippen LogP contribution >= 0.6 is 0 Å². The molecule has 0 aliphatic carbocycles. The van der Waals surface area contributed by atoms with Crippen LogP contribution in [0.2, 0.25) is 0 Å². The van der Waals surface area contributed by atoms with Crippen LogP contribution in [0.1, 0.15) is 0 Å². The maximum absolute atomic E-state index is 2.50. The van der Waals surface area contributed by atoms with E-state index in [1.165, 1.54) is 87.7 Å². The van der Waals surface area contributed by atoms with E-state index in [0.717, 1.165) is 17.1 Å². The van der Waals surface area contributed by atoms with Gasteiger partial charge in [-0.15, -0.1) is 0 Å². The van der Waals surface area contributed by atoms with E-state index in [9.17, 15) is 0 Å². The number of aromatic nitrogens is 3. The first-order valence-electron chi connectivity index (χ1n) is 19.6. The van der Waals surface area contributed by atoms with Crippen molar-refractivity contribution in [1.82, 2.24) is 13.7 Å². The molecule has 57 heavy (non-hydrogen) atoms.